The third-order valence-electron chi connectivity index (χ3n) is 3.61. The summed E-state index contributed by atoms with van der Waals surface area (Å²) in [6, 6.07) is 0. The molecule has 1 aliphatic rings. The van der Waals surface area contributed by atoms with E-state index in [9.17, 15) is 0 Å². The van der Waals surface area contributed by atoms with E-state index in [0.717, 1.165) is 19.6 Å². The summed E-state index contributed by atoms with van der Waals surface area (Å²) in [7, 11) is 1.73. The minimum Gasteiger partial charge on any atom is -0.396 e. The lowest BCUT2D eigenvalue weighted by atomic mass is 9.92. The number of hydrogen-bond acceptors (Lipinski definition) is 4. The molecular formula is C12H25NO3. The van der Waals surface area contributed by atoms with Gasteiger partial charge >= 0.3 is 0 Å². The monoisotopic (exact) mass is 231 g/mol. The number of rotatable bonds is 9. The summed E-state index contributed by atoms with van der Waals surface area (Å²) in [5.74, 6) is 0. The fourth-order valence-corrected chi connectivity index (χ4v) is 1.80. The highest BCUT2D eigenvalue weighted by atomic mass is 16.5. The van der Waals surface area contributed by atoms with Crippen molar-refractivity contribution in [2.45, 2.75) is 26.2 Å². The third kappa shape index (κ3) is 4.01. The van der Waals surface area contributed by atoms with E-state index in [1.807, 2.05) is 6.92 Å². The van der Waals surface area contributed by atoms with Gasteiger partial charge in [0.25, 0.3) is 0 Å². The molecule has 1 rings (SSSR count). The molecule has 96 valence electrons. The predicted molar refractivity (Wildman–Crippen MR) is 63.3 cm³/mol. The van der Waals surface area contributed by atoms with Gasteiger partial charge in [-0.2, -0.15) is 0 Å². The zero-order valence-electron chi connectivity index (χ0n) is 10.5. The molecule has 0 radical (unpaired) electrons. The molecule has 0 aromatic carbocycles. The largest absolute Gasteiger partial charge is 0.396 e. The van der Waals surface area contributed by atoms with E-state index < -0.39 is 5.41 Å². The van der Waals surface area contributed by atoms with Crippen molar-refractivity contribution >= 4 is 0 Å². The van der Waals surface area contributed by atoms with Crippen molar-refractivity contribution in [2.75, 3.05) is 40.0 Å². The number of hydrogen-bond donors (Lipinski definition) is 3. The minimum absolute atomic E-state index is 0.0154. The maximum Gasteiger partial charge on any atom is 0.0518 e. The van der Waals surface area contributed by atoms with Crippen LogP contribution in [-0.4, -0.2) is 50.2 Å². The summed E-state index contributed by atoms with van der Waals surface area (Å²) < 4.78 is 5.10. The highest BCUT2D eigenvalue weighted by Crippen LogP contribution is 2.48. The van der Waals surface area contributed by atoms with Gasteiger partial charge in [0.15, 0.2) is 0 Å². The van der Waals surface area contributed by atoms with E-state index in [1.165, 1.54) is 12.8 Å². The molecule has 1 saturated carbocycles. The van der Waals surface area contributed by atoms with E-state index in [4.69, 9.17) is 14.9 Å². The van der Waals surface area contributed by atoms with Crippen LogP contribution in [0, 0.1) is 10.8 Å². The van der Waals surface area contributed by atoms with Crippen molar-refractivity contribution in [3.05, 3.63) is 0 Å². The number of ether oxygens (including phenoxy) is 1. The Hall–Kier alpha value is -0.160. The fraction of sp³-hybridized carbons (Fsp3) is 1.00. The van der Waals surface area contributed by atoms with E-state index in [1.54, 1.807) is 7.11 Å². The van der Waals surface area contributed by atoms with Gasteiger partial charge in [0, 0.05) is 32.2 Å². The number of nitrogens with one attached hydrogen (secondary N) is 1. The number of aliphatic hydroxyl groups is 2. The quantitative estimate of drug-likeness (QED) is 0.537. The van der Waals surface area contributed by atoms with Crippen LogP contribution in [0.1, 0.15) is 26.2 Å². The van der Waals surface area contributed by atoms with Crippen LogP contribution in [0.2, 0.25) is 0 Å². The van der Waals surface area contributed by atoms with Crippen molar-refractivity contribution in [2.24, 2.45) is 10.8 Å². The lowest BCUT2D eigenvalue weighted by Crippen LogP contribution is -2.40. The van der Waals surface area contributed by atoms with E-state index in [-0.39, 0.29) is 13.2 Å². The molecule has 4 nitrogen and oxygen atoms in total. The van der Waals surface area contributed by atoms with Gasteiger partial charge in [-0.15, -0.1) is 0 Å². The zero-order valence-corrected chi connectivity index (χ0v) is 10.5. The second-order valence-electron chi connectivity index (χ2n) is 5.47. The van der Waals surface area contributed by atoms with Crippen LogP contribution in [0.3, 0.4) is 0 Å². The zero-order chi connectivity index (χ0) is 12.1. The first-order valence-electron chi connectivity index (χ1n) is 6.01. The average Bonchev–Trinajstić information content (AvgIpc) is 3.07. The molecule has 0 saturated heterocycles. The van der Waals surface area contributed by atoms with Gasteiger partial charge in [-0.05, 0) is 24.7 Å². The maximum atomic E-state index is 9.15. The first-order chi connectivity index (χ1) is 7.60. The molecule has 0 amide bonds. The normalized spacial score (nSPS) is 18.8. The maximum absolute atomic E-state index is 9.15. The van der Waals surface area contributed by atoms with E-state index >= 15 is 0 Å². The van der Waals surface area contributed by atoms with Crippen molar-refractivity contribution in [3.8, 4) is 0 Å². The lowest BCUT2D eigenvalue weighted by molar-refractivity contribution is 0.0679. The SMILES string of the molecule is COCCC1(CNCC(C)(CO)CO)CC1. The van der Waals surface area contributed by atoms with Gasteiger partial charge in [-0.25, -0.2) is 0 Å². The summed E-state index contributed by atoms with van der Waals surface area (Å²) in [6.45, 7) is 4.36. The Balaban J connectivity index is 2.19. The lowest BCUT2D eigenvalue weighted by Gasteiger charge is -2.26. The van der Waals surface area contributed by atoms with Crippen LogP contribution in [0.25, 0.3) is 0 Å². The Morgan fingerprint density at radius 1 is 1.31 bits per heavy atom. The smallest absolute Gasteiger partial charge is 0.0518 e. The molecule has 0 unspecified atom stereocenters. The van der Waals surface area contributed by atoms with Crippen LogP contribution in [0.15, 0.2) is 0 Å². The van der Waals surface area contributed by atoms with Crippen LogP contribution < -0.4 is 5.32 Å². The highest BCUT2D eigenvalue weighted by Gasteiger charge is 2.41. The summed E-state index contributed by atoms with van der Waals surface area (Å²) in [5.41, 5.74) is 0.0131. The molecule has 16 heavy (non-hydrogen) atoms. The Kier molecular flexibility index (Phi) is 5.18. The van der Waals surface area contributed by atoms with Gasteiger partial charge < -0.3 is 20.3 Å². The second kappa shape index (κ2) is 5.96. The molecular weight excluding hydrogens is 206 g/mol. The van der Waals surface area contributed by atoms with Gasteiger partial charge in [0.2, 0.25) is 0 Å². The number of aliphatic hydroxyl groups excluding tert-OH is 2. The molecule has 1 aliphatic carbocycles. The molecule has 0 heterocycles. The molecule has 3 N–H and O–H groups in total. The fourth-order valence-electron chi connectivity index (χ4n) is 1.80. The molecule has 0 aromatic heterocycles. The molecule has 4 heteroatoms. The molecule has 1 fully saturated rings. The van der Waals surface area contributed by atoms with Crippen LogP contribution in [0.5, 0.6) is 0 Å². The van der Waals surface area contributed by atoms with Gasteiger partial charge in [0.1, 0.15) is 0 Å². The summed E-state index contributed by atoms with van der Waals surface area (Å²) >= 11 is 0. The van der Waals surface area contributed by atoms with E-state index in [0.29, 0.717) is 12.0 Å². The van der Waals surface area contributed by atoms with Crippen molar-refractivity contribution < 1.29 is 14.9 Å². The minimum atomic E-state index is -0.405. The highest BCUT2D eigenvalue weighted by molar-refractivity contribution is 4.95. The Morgan fingerprint density at radius 2 is 1.94 bits per heavy atom. The standard InChI is InChI=1S/C12H25NO3/c1-11(9-14,10-15)7-13-8-12(3-4-12)5-6-16-2/h13-15H,3-10H2,1-2H3. The summed E-state index contributed by atoms with van der Waals surface area (Å²) in [5, 5.41) is 21.7. The Bertz CT molecular complexity index is 200. The Morgan fingerprint density at radius 3 is 2.38 bits per heavy atom. The topological polar surface area (TPSA) is 61.7 Å². The van der Waals surface area contributed by atoms with Crippen molar-refractivity contribution in [3.63, 3.8) is 0 Å². The molecule has 0 spiro atoms. The van der Waals surface area contributed by atoms with Gasteiger partial charge in [0.05, 0.1) is 13.2 Å². The summed E-state index contributed by atoms with van der Waals surface area (Å²) in [6.07, 6.45) is 3.63. The molecule has 0 aromatic rings. The van der Waals surface area contributed by atoms with E-state index in [2.05, 4.69) is 5.32 Å². The van der Waals surface area contributed by atoms with Crippen LogP contribution in [0.4, 0.5) is 0 Å². The summed E-state index contributed by atoms with van der Waals surface area (Å²) in [4.78, 5) is 0. The molecule has 0 atom stereocenters. The molecule has 0 aliphatic heterocycles. The second-order valence-corrected chi connectivity index (χ2v) is 5.47. The van der Waals surface area contributed by atoms with Crippen molar-refractivity contribution in [1.82, 2.24) is 5.32 Å². The number of methoxy groups -OCH3 is 1. The third-order valence-corrected chi connectivity index (χ3v) is 3.61. The predicted octanol–water partition coefficient (Wildman–Crippen LogP) is 0.384. The van der Waals surface area contributed by atoms with Gasteiger partial charge in [-0.1, -0.05) is 6.92 Å². The van der Waals surface area contributed by atoms with Gasteiger partial charge in [-0.3, -0.25) is 0 Å². The first kappa shape index (κ1) is 13.9. The Labute approximate surface area is 98.0 Å². The average molecular weight is 231 g/mol. The molecule has 0 bridgehead atoms. The van der Waals surface area contributed by atoms with Crippen LogP contribution >= 0.6 is 0 Å². The van der Waals surface area contributed by atoms with Crippen molar-refractivity contribution in [1.29, 1.82) is 0 Å². The first-order valence-corrected chi connectivity index (χ1v) is 6.01. The van der Waals surface area contributed by atoms with Crippen LogP contribution in [-0.2, 0) is 4.74 Å².